The summed E-state index contributed by atoms with van der Waals surface area (Å²) in [7, 11) is 0. The fraction of sp³-hybridized carbons (Fsp3) is 0.409. The summed E-state index contributed by atoms with van der Waals surface area (Å²) in [6, 6.07) is 13.6. The number of fused-ring (bicyclic) bond motifs is 1. The summed E-state index contributed by atoms with van der Waals surface area (Å²) in [5, 5.41) is 12.8. The van der Waals surface area contributed by atoms with Gasteiger partial charge in [-0.3, -0.25) is 4.79 Å². The monoisotopic (exact) mass is 367 g/mol. The Bertz CT molecular complexity index is 812. The number of rotatable bonds is 6. The zero-order valence-electron chi connectivity index (χ0n) is 15.5. The largest absolute Gasteiger partial charge is 0.493 e. The van der Waals surface area contributed by atoms with Gasteiger partial charge in [0.25, 0.3) is 5.91 Å². The summed E-state index contributed by atoms with van der Waals surface area (Å²) < 4.78 is 11.2. The van der Waals surface area contributed by atoms with Gasteiger partial charge in [0.15, 0.2) is 6.61 Å². The van der Waals surface area contributed by atoms with E-state index < -0.39 is 0 Å². The Hall–Kier alpha value is -2.53. The highest BCUT2D eigenvalue weighted by molar-refractivity contribution is 5.78. The molecule has 2 aliphatic rings. The number of hydrogen-bond acceptors (Lipinski definition) is 4. The topological polar surface area (TPSA) is 67.8 Å². The van der Waals surface area contributed by atoms with E-state index >= 15 is 0 Å². The standard InChI is InChI=1S/C22H25NO4/c1-14-2-5-19(6-3-14)27-13-21(25)23-22(17-11-18(24)12-17)16-4-7-20-15(10-16)8-9-26-20/h2-7,10,17-18,22,24H,8-9,11-13H2,1H3,(H,23,25)/t17?,18?,22-/m1/s1. The van der Waals surface area contributed by atoms with E-state index in [-0.39, 0.29) is 30.6 Å². The molecule has 0 unspecified atom stereocenters. The first-order valence-electron chi connectivity index (χ1n) is 9.51. The molecule has 5 heteroatoms. The highest BCUT2D eigenvalue weighted by Crippen LogP contribution is 2.39. The summed E-state index contributed by atoms with van der Waals surface area (Å²) in [4.78, 5) is 12.5. The minimum absolute atomic E-state index is 0.0249. The second kappa shape index (κ2) is 7.61. The van der Waals surface area contributed by atoms with Crippen molar-refractivity contribution < 1.29 is 19.4 Å². The van der Waals surface area contributed by atoms with Gasteiger partial charge in [-0.15, -0.1) is 0 Å². The predicted molar refractivity (Wildman–Crippen MR) is 102 cm³/mol. The zero-order valence-corrected chi connectivity index (χ0v) is 15.5. The SMILES string of the molecule is Cc1ccc(OCC(=O)N[C@H](c2ccc3c(c2)CCO3)C2CC(O)C2)cc1. The van der Waals surface area contributed by atoms with Crippen molar-refractivity contribution in [2.45, 2.75) is 38.3 Å². The molecule has 0 spiro atoms. The van der Waals surface area contributed by atoms with Crippen LogP contribution in [-0.2, 0) is 11.2 Å². The van der Waals surface area contributed by atoms with Gasteiger partial charge in [-0.1, -0.05) is 23.8 Å². The summed E-state index contributed by atoms with van der Waals surface area (Å²) in [6.45, 7) is 2.70. The van der Waals surface area contributed by atoms with Crippen molar-refractivity contribution in [3.63, 3.8) is 0 Å². The van der Waals surface area contributed by atoms with Crippen LogP contribution in [0.15, 0.2) is 42.5 Å². The molecule has 5 nitrogen and oxygen atoms in total. The maximum Gasteiger partial charge on any atom is 0.258 e. The fourth-order valence-electron chi connectivity index (χ4n) is 3.77. The molecule has 0 bridgehead atoms. The summed E-state index contributed by atoms with van der Waals surface area (Å²) in [5.74, 6) is 1.70. The van der Waals surface area contributed by atoms with E-state index in [1.807, 2.05) is 43.3 Å². The number of aryl methyl sites for hydroxylation is 1. The van der Waals surface area contributed by atoms with Gasteiger partial charge in [0.05, 0.1) is 18.8 Å². The minimum Gasteiger partial charge on any atom is -0.493 e. The first-order chi connectivity index (χ1) is 13.1. The lowest BCUT2D eigenvalue weighted by atomic mass is 9.75. The Balaban J connectivity index is 1.43. The summed E-state index contributed by atoms with van der Waals surface area (Å²) >= 11 is 0. The molecule has 0 radical (unpaired) electrons. The van der Waals surface area contributed by atoms with Gasteiger partial charge in [-0.25, -0.2) is 0 Å². The average Bonchev–Trinajstić information content (AvgIpc) is 3.11. The number of benzene rings is 2. The third-order valence-electron chi connectivity index (χ3n) is 5.40. The molecule has 1 amide bonds. The minimum atomic E-state index is -0.268. The van der Waals surface area contributed by atoms with Gasteiger partial charge in [-0.2, -0.15) is 0 Å². The first kappa shape index (κ1) is 17.9. The Morgan fingerprint density at radius 1 is 1.26 bits per heavy atom. The maximum absolute atomic E-state index is 12.5. The van der Waals surface area contributed by atoms with Gasteiger partial charge < -0.3 is 19.9 Å². The molecule has 0 aromatic heterocycles. The molecule has 0 saturated heterocycles. The van der Waals surface area contributed by atoms with Gasteiger partial charge in [0.2, 0.25) is 0 Å². The van der Waals surface area contributed by atoms with E-state index in [9.17, 15) is 9.90 Å². The Kier molecular flexibility index (Phi) is 5.03. The molecule has 4 rings (SSSR count). The van der Waals surface area contributed by atoms with Crippen LogP contribution in [-0.4, -0.2) is 30.3 Å². The third kappa shape index (κ3) is 4.08. The van der Waals surface area contributed by atoms with Crippen molar-refractivity contribution in [2.24, 2.45) is 5.92 Å². The highest BCUT2D eigenvalue weighted by atomic mass is 16.5. The Morgan fingerprint density at radius 3 is 2.78 bits per heavy atom. The van der Waals surface area contributed by atoms with E-state index in [0.29, 0.717) is 25.2 Å². The molecule has 1 fully saturated rings. The number of ether oxygens (including phenoxy) is 2. The van der Waals surface area contributed by atoms with E-state index in [2.05, 4.69) is 11.4 Å². The second-order valence-electron chi connectivity index (χ2n) is 7.50. The van der Waals surface area contributed by atoms with Crippen LogP contribution in [0, 0.1) is 12.8 Å². The first-order valence-corrected chi connectivity index (χ1v) is 9.51. The molecule has 2 N–H and O–H groups in total. The van der Waals surface area contributed by atoms with Gasteiger partial charge in [0.1, 0.15) is 11.5 Å². The van der Waals surface area contributed by atoms with E-state index in [1.54, 1.807) is 0 Å². The van der Waals surface area contributed by atoms with Crippen LogP contribution in [0.5, 0.6) is 11.5 Å². The number of carbonyl (C=O) groups is 1. The van der Waals surface area contributed by atoms with Crippen molar-refractivity contribution in [1.29, 1.82) is 0 Å². The fourth-order valence-corrected chi connectivity index (χ4v) is 3.77. The summed E-state index contributed by atoms with van der Waals surface area (Å²) in [5.41, 5.74) is 3.40. The number of aliphatic hydroxyl groups is 1. The molecular formula is C22H25NO4. The number of aliphatic hydroxyl groups excluding tert-OH is 1. The molecule has 142 valence electrons. The smallest absolute Gasteiger partial charge is 0.258 e. The third-order valence-corrected chi connectivity index (χ3v) is 5.40. The van der Waals surface area contributed by atoms with Crippen LogP contribution in [0.2, 0.25) is 0 Å². The number of hydrogen-bond donors (Lipinski definition) is 2. The zero-order chi connectivity index (χ0) is 18.8. The van der Waals surface area contributed by atoms with Gasteiger partial charge in [0, 0.05) is 6.42 Å². The molecule has 2 aromatic rings. The van der Waals surface area contributed by atoms with Crippen LogP contribution < -0.4 is 14.8 Å². The molecule has 1 aliphatic heterocycles. The van der Waals surface area contributed by atoms with Gasteiger partial charge >= 0.3 is 0 Å². The van der Waals surface area contributed by atoms with Crippen LogP contribution in [0.1, 0.15) is 35.6 Å². The molecule has 1 saturated carbocycles. The van der Waals surface area contributed by atoms with Crippen LogP contribution in [0.25, 0.3) is 0 Å². The Morgan fingerprint density at radius 2 is 2.04 bits per heavy atom. The number of amides is 1. The molecule has 1 aliphatic carbocycles. The highest BCUT2D eigenvalue weighted by Gasteiger charge is 2.36. The molecule has 1 heterocycles. The second-order valence-corrected chi connectivity index (χ2v) is 7.50. The van der Waals surface area contributed by atoms with Crippen molar-refractivity contribution in [2.75, 3.05) is 13.2 Å². The van der Waals surface area contributed by atoms with Crippen molar-refractivity contribution in [1.82, 2.24) is 5.32 Å². The van der Waals surface area contributed by atoms with Crippen LogP contribution in [0.3, 0.4) is 0 Å². The molecular weight excluding hydrogens is 342 g/mol. The number of carbonyl (C=O) groups excluding carboxylic acids is 1. The Labute approximate surface area is 159 Å². The number of nitrogens with one attached hydrogen (secondary N) is 1. The quantitative estimate of drug-likeness (QED) is 0.824. The lowest BCUT2D eigenvalue weighted by Gasteiger charge is -2.38. The predicted octanol–water partition coefficient (Wildman–Crippen LogP) is 2.94. The maximum atomic E-state index is 12.5. The normalized spacial score (nSPS) is 21.6. The van der Waals surface area contributed by atoms with Gasteiger partial charge in [-0.05, 0) is 61.1 Å². The van der Waals surface area contributed by atoms with E-state index in [0.717, 1.165) is 23.3 Å². The van der Waals surface area contributed by atoms with Crippen molar-refractivity contribution >= 4 is 5.91 Å². The molecule has 1 atom stereocenters. The van der Waals surface area contributed by atoms with E-state index in [4.69, 9.17) is 9.47 Å². The van der Waals surface area contributed by atoms with E-state index in [1.165, 1.54) is 5.56 Å². The van der Waals surface area contributed by atoms with Crippen molar-refractivity contribution in [3.8, 4) is 11.5 Å². The van der Waals surface area contributed by atoms with Crippen LogP contribution in [0.4, 0.5) is 0 Å². The molecule has 2 aromatic carbocycles. The van der Waals surface area contributed by atoms with Crippen LogP contribution >= 0.6 is 0 Å². The lowest BCUT2D eigenvalue weighted by molar-refractivity contribution is -0.125. The lowest BCUT2D eigenvalue weighted by Crippen LogP contribution is -2.42. The summed E-state index contributed by atoms with van der Waals surface area (Å²) in [6.07, 6.45) is 2.04. The molecule has 27 heavy (non-hydrogen) atoms. The van der Waals surface area contributed by atoms with Crippen molar-refractivity contribution in [3.05, 3.63) is 59.2 Å². The average molecular weight is 367 g/mol.